The second-order valence-corrected chi connectivity index (χ2v) is 7.45. The van der Waals surface area contributed by atoms with Crippen LogP contribution >= 0.6 is 0 Å². The number of aryl methyl sites for hydroxylation is 1. The summed E-state index contributed by atoms with van der Waals surface area (Å²) in [6.45, 7) is 4.27. The Morgan fingerprint density at radius 1 is 1.19 bits per heavy atom. The van der Waals surface area contributed by atoms with Gasteiger partial charge in [0.15, 0.2) is 0 Å². The number of hydrogen-bond acceptors (Lipinski definition) is 3. The van der Waals surface area contributed by atoms with E-state index < -0.39 is 0 Å². The molecule has 0 aliphatic carbocycles. The van der Waals surface area contributed by atoms with E-state index in [2.05, 4.69) is 26.6 Å². The van der Waals surface area contributed by atoms with Crippen LogP contribution in [0, 0.1) is 12.8 Å². The minimum atomic E-state index is -0.103. The van der Waals surface area contributed by atoms with E-state index in [4.69, 9.17) is 0 Å². The maximum Gasteiger partial charge on any atom is 0.319 e. The van der Waals surface area contributed by atoms with Crippen LogP contribution in [-0.2, 0) is 6.42 Å². The lowest BCUT2D eigenvalue weighted by Gasteiger charge is -2.51. The highest BCUT2D eigenvalue weighted by Gasteiger charge is 2.42. The number of nitrogens with zero attached hydrogens (tertiary/aromatic N) is 2. The minimum absolute atomic E-state index is 0.103. The molecule has 2 N–H and O–H groups in total. The Bertz CT molecular complexity index is 756. The SMILES string of the molecule is Cc1ccccc1NC(=O)NC1C2CCN(CC2)C1Cc1cccnc1. The van der Waals surface area contributed by atoms with Gasteiger partial charge in [0.25, 0.3) is 0 Å². The standard InChI is InChI=1S/C21H26N4O/c1-15-5-2-3-7-18(15)23-21(26)24-20-17-8-11-25(12-9-17)19(20)13-16-6-4-10-22-14-16/h2-7,10,14,17,19-20H,8-9,11-13H2,1H3,(H2,23,24,26). The van der Waals surface area contributed by atoms with Crippen LogP contribution in [0.25, 0.3) is 0 Å². The number of fused-ring (bicyclic) bond motifs is 3. The van der Waals surface area contributed by atoms with Crippen molar-refractivity contribution < 1.29 is 4.79 Å². The second kappa shape index (κ2) is 7.46. The summed E-state index contributed by atoms with van der Waals surface area (Å²) in [5.74, 6) is 0.560. The summed E-state index contributed by atoms with van der Waals surface area (Å²) in [5.41, 5.74) is 3.18. The van der Waals surface area contributed by atoms with E-state index in [1.165, 1.54) is 18.4 Å². The minimum Gasteiger partial charge on any atom is -0.333 e. The number of anilines is 1. The number of aromatic nitrogens is 1. The molecule has 3 saturated heterocycles. The average molecular weight is 350 g/mol. The summed E-state index contributed by atoms with van der Waals surface area (Å²) in [4.78, 5) is 19.4. The molecule has 2 bridgehead atoms. The smallest absolute Gasteiger partial charge is 0.319 e. The molecule has 2 unspecified atom stereocenters. The summed E-state index contributed by atoms with van der Waals surface area (Å²) in [6.07, 6.45) is 7.01. The summed E-state index contributed by atoms with van der Waals surface area (Å²) in [7, 11) is 0. The molecule has 1 aromatic heterocycles. The number of rotatable bonds is 4. The highest BCUT2D eigenvalue weighted by Crippen LogP contribution is 2.34. The first-order chi connectivity index (χ1) is 12.7. The van der Waals surface area contributed by atoms with Gasteiger partial charge in [0.05, 0.1) is 0 Å². The lowest BCUT2D eigenvalue weighted by Crippen LogP contribution is -2.64. The van der Waals surface area contributed by atoms with Crippen molar-refractivity contribution in [2.45, 2.75) is 38.3 Å². The number of amides is 2. The maximum atomic E-state index is 12.7. The van der Waals surface area contributed by atoms with Gasteiger partial charge in [-0.15, -0.1) is 0 Å². The first-order valence-corrected chi connectivity index (χ1v) is 9.47. The Morgan fingerprint density at radius 3 is 2.73 bits per heavy atom. The number of piperidine rings is 3. The van der Waals surface area contributed by atoms with E-state index in [1.807, 2.05) is 49.6 Å². The fraction of sp³-hybridized carbons (Fsp3) is 0.429. The molecule has 26 heavy (non-hydrogen) atoms. The van der Waals surface area contributed by atoms with Crippen molar-refractivity contribution in [1.29, 1.82) is 0 Å². The Hall–Kier alpha value is -2.40. The van der Waals surface area contributed by atoms with Crippen LogP contribution in [0.3, 0.4) is 0 Å². The summed E-state index contributed by atoms with van der Waals surface area (Å²) in [6, 6.07) is 12.4. The molecule has 0 saturated carbocycles. The third kappa shape index (κ3) is 3.58. The molecule has 3 fully saturated rings. The van der Waals surface area contributed by atoms with Gasteiger partial charge in [-0.1, -0.05) is 24.3 Å². The number of benzene rings is 1. The number of para-hydroxylation sites is 1. The monoisotopic (exact) mass is 350 g/mol. The van der Waals surface area contributed by atoms with Crippen molar-refractivity contribution in [1.82, 2.24) is 15.2 Å². The second-order valence-electron chi connectivity index (χ2n) is 7.45. The molecule has 5 heteroatoms. The number of carbonyl (C=O) groups is 1. The zero-order valence-electron chi connectivity index (χ0n) is 15.2. The largest absolute Gasteiger partial charge is 0.333 e. The van der Waals surface area contributed by atoms with Crippen molar-refractivity contribution in [3.8, 4) is 0 Å². The van der Waals surface area contributed by atoms with Gasteiger partial charge in [-0.2, -0.15) is 0 Å². The van der Waals surface area contributed by atoms with E-state index in [0.29, 0.717) is 12.0 Å². The van der Waals surface area contributed by atoms with Gasteiger partial charge in [-0.3, -0.25) is 9.88 Å². The third-order valence-electron chi connectivity index (χ3n) is 5.82. The van der Waals surface area contributed by atoms with Crippen molar-refractivity contribution in [2.24, 2.45) is 5.92 Å². The predicted molar refractivity (Wildman–Crippen MR) is 103 cm³/mol. The Morgan fingerprint density at radius 2 is 2.00 bits per heavy atom. The summed E-state index contributed by atoms with van der Waals surface area (Å²) < 4.78 is 0. The molecular formula is C21H26N4O. The van der Waals surface area contributed by atoms with Gasteiger partial charge < -0.3 is 10.6 Å². The fourth-order valence-electron chi connectivity index (χ4n) is 4.40. The quantitative estimate of drug-likeness (QED) is 0.890. The highest BCUT2D eigenvalue weighted by atomic mass is 16.2. The number of hydrogen-bond donors (Lipinski definition) is 2. The van der Waals surface area contributed by atoms with Crippen molar-refractivity contribution in [3.63, 3.8) is 0 Å². The maximum absolute atomic E-state index is 12.7. The molecule has 2 amide bonds. The van der Waals surface area contributed by atoms with Crippen LogP contribution in [0.5, 0.6) is 0 Å². The molecule has 2 atom stereocenters. The van der Waals surface area contributed by atoms with E-state index in [-0.39, 0.29) is 12.1 Å². The fourth-order valence-corrected chi connectivity index (χ4v) is 4.40. The summed E-state index contributed by atoms with van der Waals surface area (Å²) in [5, 5.41) is 6.30. The predicted octanol–water partition coefficient (Wildman–Crippen LogP) is 3.22. The van der Waals surface area contributed by atoms with Gasteiger partial charge >= 0.3 is 6.03 Å². The highest BCUT2D eigenvalue weighted by molar-refractivity contribution is 5.90. The van der Waals surface area contributed by atoms with Gasteiger partial charge in [0.2, 0.25) is 0 Å². The Kier molecular flexibility index (Phi) is 4.89. The van der Waals surface area contributed by atoms with E-state index >= 15 is 0 Å². The molecule has 1 aromatic carbocycles. The molecule has 136 valence electrons. The van der Waals surface area contributed by atoms with Gasteiger partial charge in [-0.05, 0) is 68.5 Å². The van der Waals surface area contributed by atoms with E-state index in [1.54, 1.807) is 0 Å². The van der Waals surface area contributed by atoms with Crippen LogP contribution in [0.2, 0.25) is 0 Å². The van der Waals surface area contributed by atoms with Crippen molar-refractivity contribution >= 4 is 11.7 Å². The van der Waals surface area contributed by atoms with Crippen molar-refractivity contribution in [2.75, 3.05) is 18.4 Å². The van der Waals surface area contributed by atoms with Crippen LogP contribution in [-0.4, -0.2) is 41.1 Å². The molecule has 0 radical (unpaired) electrons. The lowest BCUT2D eigenvalue weighted by atomic mass is 9.77. The van der Waals surface area contributed by atoms with Crippen LogP contribution in [0.4, 0.5) is 10.5 Å². The lowest BCUT2D eigenvalue weighted by molar-refractivity contribution is 0.0184. The molecule has 3 aliphatic heterocycles. The topological polar surface area (TPSA) is 57.3 Å². The van der Waals surface area contributed by atoms with E-state index in [0.717, 1.165) is 30.8 Å². The zero-order chi connectivity index (χ0) is 17.9. The molecule has 3 aliphatic rings. The van der Waals surface area contributed by atoms with Crippen LogP contribution in [0.15, 0.2) is 48.8 Å². The normalized spacial score (nSPS) is 27.1. The first-order valence-electron chi connectivity index (χ1n) is 9.47. The molecular weight excluding hydrogens is 324 g/mol. The first kappa shape index (κ1) is 17.0. The Labute approximate surface area is 154 Å². The number of pyridine rings is 1. The van der Waals surface area contributed by atoms with Crippen molar-refractivity contribution in [3.05, 3.63) is 59.9 Å². The Balaban J connectivity index is 1.47. The van der Waals surface area contributed by atoms with Crippen LogP contribution in [0.1, 0.15) is 24.0 Å². The van der Waals surface area contributed by atoms with Crippen LogP contribution < -0.4 is 10.6 Å². The van der Waals surface area contributed by atoms with Gasteiger partial charge in [0.1, 0.15) is 0 Å². The van der Waals surface area contributed by atoms with Gasteiger partial charge in [0, 0.05) is 30.2 Å². The number of carbonyl (C=O) groups excluding carboxylic acids is 1. The molecule has 2 aromatic rings. The molecule has 5 rings (SSSR count). The number of urea groups is 1. The van der Waals surface area contributed by atoms with Gasteiger partial charge in [-0.25, -0.2) is 4.79 Å². The summed E-state index contributed by atoms with van der Waals surface area (Å²) >= 11 is 0. The number of nitrogens with one attached hydrogen (secondary N) is 2. The third-order valence-corrected chi connectivity index (χ3v) is 5.82. The average Bonchev–Trinajstić information content (AvgIpc) is 2.67. The molecule has 5 nitrogen and oxygen atoms in total. The van der Waals surface area contributed by atoms with E-state index in [9.17, 15) is 4.79 Å². The molecule has 0 spiro atoms. The molecule has 4 heterocycles. The zero-order valence-corrected chi connectivity index (χ0v) is 15.2.